The number of halogens is 1. The molecule has 0 heterocycles. The molecule has 0 fully saturated rings. The zero-order valence-electron chi connectivity index (χ0n) is 9.25. The highest BCUT2D eigenvalue weighted by atomic mass is 35.5. The lowest BCUT2D eigenvalue weighted by atomic mass is 10.2. The molecule has 86 valence electrons. The van der Waals surface area contributed by atoms with Gasteiger partial charge >= 0.3 is 0 Å². The van der Waals surface area contributed by atoms with Gasteiger partial charge < -0.3 is 10.4 Å². The van der Waals surface area contributed by atoms with Crippen LogP contribution in [0.3, 0.4) is 0 Å². The number of benzene rings is 1. The van der Waals surface area contributed by atoms with Crippen LogP contribution in [0, 0.1) is 0 Å². The van der Waals surface area contributed by atoms with Crippen molar-refractivity contribution in [2.45, 2.75) is 20.3 Å². The van der Waals surface area contributed by atoms with Crippen molar-refractivity contribution in [3.8, 4) is 5.75 Å². The molecule has 3 nitrogen and oxygen atoms in total. The topological polar surface area (TPSA) is 49.3 Å². The minimum absolute atomic E-state index is 0.0730. The Hall–Kier alpha value is -1.48. The van der Waals surface area contributed by atoms with Crippen LogP contribution in [0.1, 0.15) is 20.3 Å². The van der Waals surface area contributed by atoms with E-state index < -0.39 is 0 Å². The van der Waals surface area contributed by atoms with Gasteiger partial charge in [-0.3, -0.25) is 4.79 Å². The highest BCUT2D eigenvalue weighted by molar-refractivity contribution is 6.34. The molecule has 0 atom stereocenters. The Morgan fingerprint density at radius 2 is 2.25 bits per heavy atom. The number of anilines is 1. The van der Waals surface area contributed by atoms with Crippen LogP contribution in [0.25, 0.3) is 0 Å². The van der Waals surface area contributed by atoms with Gasteiger partial charge in [-0.25, -0.2) is 0 Å². The van der Waals surface area contributed by atoms with E-state index >= 15 is 0 Å². The molecule has 0 aliphatic heterocycles. The maximum Gasteiger partial charge on any atom is 0.251 e. The van der Waals surface area contributed by atoms with Gasteiger partial charge in [0, 0.05) is 11.6 Å². The van der Waals surface area contributed by atoms with Crippen LogP contribution in [0.4, 0.5) is 5.69 Å². The minimum Gasteiger partial charge on any atom is -0.508 e. The first kappa shape index (κ1) is 12.6. The van der Waals surface area contributed by atoms with E-state index in [-0.39, 0.29) is 11.7 Å². The van der Waals surface area contributed by atoms with Crippen molar-refractivity contribution in [1.29, 1.82) is 0 Å². The summed E-state index contributed by atoms with van der Waals surface area (Å²) in [5.74, 6) is -0.113. The normalized spacial score (nSPS) is 11.3. The number of carbonyl (C=O) groups is 1. The van der Waals surface area contributed by atoms with E-state index in [9.17, 15) is 4.79 Å². The van der Waals surface area contributed by atoms with Crippen molar-refractivity contribution in [2.24, 2.45) is 0 Å². The molecule has 2 N–H and O–H groups in total. The maximum atomic E-state index is 11.6. The molecule has 1 amide bonds. The molecule has 0 bridgehead atoms. The lowest BCUT2D eigenvalue weighted by Gasteiger charge is -2.07. The number of aromatic hydroxyl groups is 1. The standard InChI is InChI=1S/C12H14ClNO2/c1-3-4-8(2)12(16)14-11-6-5-9(15)7-10(11)13/h4-7,15H,3H2,1-2H3,(H,14,16). The van der Waals surface area contributed by atoms with Gasteiger partial charge in [-0.15, -0.1) is 0 Å². The predicted octanol–water partition coefficient (Wildman–Crippen LogP) is 3.34. The van der Waals surface area contributed by atoms with Crippen LogP contribution < -0.4 is 5.32 Å². The second-order valence-corrected chi connectivity index (χ2v) is 3.82. The number of phenols is 1. The minimum atomic E-state index is -0.186. The van der Waals surface area contributed by atoms with Crippen molar-refractivity contribution in [3.05, 3.63) is 34.9 Å². The molecule has 16 heavy (non-hydrogen) atoms. The quantitative estimate of drug-likeness (QED) is 0.628. The second-order valence-electron chi connectivity index (χ2n) is 3.41. The van der Waals surface area contributed by atoms with Crippen molar-refractivity contribution in [1.82, 2.24) is 0 Å². The largest absolute Gasteiger partial charge is 0.508 e. The summed E-state index contributed by atoms with van der Waals surface area (Å²) < 4.78 is 0. The Morgan fingerprint density at radius 3 is 2.81 bits per heavy atom. The number of carbonyl (C=O) groups excluding carboxylic acids is 1. The Balaban J connectivity index is 2.81. The summed E-state index contributed by atoms with van der Waals surface area (Å²) in [7, 11) is 0. The van der Waals surface area contributed by atoms with Crippen LogP contribution >= 0.6 is 11.6 Å². The molecule has 4 heteroatoms. The van der Waals surface area contributed by atoms with Gasteiger partial charge in [0.1, 0.15) is 5.75 Å². The van der Waals surface area contributed by atoms with Crippen LogP contribution in [0.2, 0.25) is 5.02 Å². The van der Waals surface area contributed by atoms with E-state index in [1.165, 1.54) is 12.1 Å². The van der Waals surface area contributed by atoms with Gasteiger partial charge in [0.15, 0.2) is 0 Å². The highest BCUT2D eigenvalue weighted by Gasteiger charge is 2.07. The summed E-state index contributed by atoms with van der Waals surface area (Å²) in [6.45, 7) is 3.71. The number of rotatable bonds is 3. The summed E-state index contributed by atoms with van der Waals surface area (Å²) in [6.07, 6.45) is 2.65. The number of allylic oxidation sites excluding steroid dienone is 1. The summed E-state index contributed by atoms with van der Waals surface area (Å²) >= 11 is 5.86. The van der Waals surface area contributed by atoms with Gasteiger partial charge in [0.05, 0.1) is 10.7 Å². The van der Waals surface area contributed by atoms with E-state index in [2.05, 4.69) is 5.32 Å². The Kier molecular flexibility index (Phi) is 4.38. The molecule has 0 aliphatic carbocycles. The van der Waals surface area contributed by atoms with Gasteiger partial charge in [-0.05, 0) is 25.5 Å². The number of nitrogens with one attached hydrogen (secondary N) is 1. The molecule has 1 aromatic rings. The third kappa shape index (κ3) is 3.28. The van der Waals surface area contributed by atoms with Crippen molar-refractivity contribution < 1.29 is 9.90 Å². The maximum absolute atomic E-state index is 11.6. The van der Waals surface area contributed by atoms with Gasteiger partial charge in [0.25, 0.3) is 5.91 Å². The van der Waals surface area contributed by atoms with Crippen LogP contribution in [-0.2, 0) is 4.79 Å². The average molecular weight is 240 g/mol. The average Bonchev–Trinajstić information content (AvgIpc) is 2.22. The fourth-order valence-electron chi connectivity index (χ4n) is 1.23. The number of amides is 1. The van der Waals surface area contributed by atoms with Gasteiger partial charge in [-0.2, -0.15) is 0 Å². The lowest BCUT2D eigenvalue weighted by molar-refractivity contribution is -0.112. The van der Waals surface area contributed by atoms with Gasteiger partial charge in [0.2, 0.25) is 0 Å². The highest BCUT2D eigenvalue weighted by Crippen LogP contribution is 2.26. The molecule has 0 aliphatic rings. The SMILES string of the molecule is CCC=C(C)C(=O)Nc1ccc(O)cc1Cl. The summed E-state index contributed by atoms with van der Waals surface area (Å²) in [5, 5.41) is 12.1. The summed E-state index contributed by atoms with van der Waals surface area (Å²) in [4.78, 5) is 11.6. The molecule has 0 saturated heterocycles. The van der Waals surface area contributed by atoms with Crippen LogP contribution in [-0.4, -0.2) is 11.0 Å². The number of phenolic OH excluding ortho intramolecular Hbond substituents is 1. The molecule has 0 radical (unpaired) electrons. The first-order chi connectivity index (χ1) is 7.54. The molecule has 0 saturated carbocycles. The predicted molar refractivity (Wildman–Crippen MR) is 65.8 cm³/mol. The Labute approximate surface area is 99.7 Å². The zero-order chi connectivity index (χ0) is 12.1. The second kappa shape index (κ2) is 5.56. The fourth-order valence-corrected chi connectivity index (χ4v) is 1.45. The fraction of sp³-hybridized carbons (Fsp3) is 0.250. The third-order valence-corrected chi connectivity index (χ3v) is 2.38. The molecule has 1 aromatic carbocycles. The molecule has 0 aromatic heterocycles. The number of hydrogen-bond donors (Lipinski definition) is 2. The van der Waals surface area contributed by atoms with Crippen molar-refractivity contribution in [3.63, 3.8) is 0 Å². The van der Waals surface area contributed by atoms with E-state index in [1.54, 1.807) is 13.0 Å². The first-order valence-electron chi connectivity index (χ1n) is 5.01. The van der Waals surface area contributed by atoms with E-state index in [0.29, 0.717) is 16.3 Å². The van der Waals surface area contributed by atoms with E-state index in [1.807, 2.05) is 13.0 Å². The smallest absolute Gasteiger partial charge is 0.251 e. The monoisotopic (exact) mass is 239 g/mol. The van der Waals surface area contributed by atoms with Crippen molar-refractivity contribution in [2.75, 3.05) is 5.32 Å². The van der Waals surface area contributed by atoms with E-state index in [0.717, 1.165) is 6.42 Å². The Morgan fingerprint density at radius 1 is 1.56 bits per heavy atom. The first-order valence-corrected chi connectivity index (χ1v) is 5.39. The molecular weight excluding hydrogens is 226 g/mol. The zero-order valence-corrected chi connectivity index (χ0v) is 10.0. The van der Waals surface area contributed by atoms with E-state index in [4.69, 9.17) is 16.7 Å². The van der Waals surface area contributed by atoms with Crippen LogP contribution in [0.5, 0.6) is 5.75 Å². The summed E-state index contributed by atoms with van der Waals surface area (Å²) in [6, 6.07) is 4.42. The number of hydrogen-bond acceptors (Lipinski definition) is 2. The third-order valence-electron chi connectivity index (χ3n) is 2.07. The molecule has 1 rings (SSSR count). The molecular formula is C12H14ClNO2. The van der Waals surface area contributed by atoms with Crippen LogP contribution in [0.15, 0.2) is 29.8 Å². The van der Waals surface area contributed by atoms with Gasteiger partial charge in [-0.1, -0.05) is 24.6 Å². The van der Waals surface area contributed by atoms with Crippen molar-refractivity contribution >= 4 is 23.2 Å². The molecule has 0 unspecified atom stereocenters. The Bertz CT molecular complexity index is 427. The lowest BCUT2D eigenvalue weighted by Crippen LogP contribution is -2.12. The molecule has 0 spiro atoms. The summed E-state index contributed by atoms with van der Waals surface area (Å²) in [5.41, 5.74) is 1.14.